The number of allylic oxidation sites excluding steroid dienone is 4. The van der Waals surface area contributed by atoms with E-state index in [0.717, 1.165) is 21.3 Å². The van der Waals surface area contributed by atoms with E-state index < -0.39 is 52.7 Å². The molecule has 15 nitrogen and oxygen atoms in total. The molecule has 59 heavy (non-hydrogen) atoms. The minimum atomic E-state index is -4.12. The quantitative estimate of drug-likeness (QED) is 0.0678. The molecule has 330 valence electrons. The number of carboxylic acids is 1. The predicted octanol–water partition coefficient (Wildman–Crippen LogP) is 5.87. The zero-order valence-electron chi connectivity index (χ0n) is 35.3. The lowest BCUT2D eigenvalue weighted by molar-refractivity contribution is -0.137. The van der Waals surface area contributed by atoms with Gasteiger partial charge in [-0.1, -0.05) is 24.6 Å². The van der Waals surface area contributed by atoms with Gasteiger partial charge in [0.05, 0.1) is 36.9 Å². The number of methoxy groups -OCH3 is 1. The van der Waals surface area contributed by atoms with Crippen LogP contribution in [0.5, 0.6) is 0 Å². The second-order valence-corrected chi connectivity index (χ2v) is 20.7. The average molecular weight is 885 g/mol. The number of anilines is 1. The Bertz CT molecular complexity index is 2200. The minimum absolute atomic E-state index is 0.0353. The number of rotatable bonds is 25. The molecule has 0 aromatic heterocycles. The molecule has 1 heterocycles. The van der Waals surface area contributed by atoms with Gasteiger partial charge in [-0.3, -0.25) is 22.3 Å². The number of hydrogen-bond donors (Lipinski definition) is 2. The molecule has 2 aromatic rings. The number of carboxylic acid groups (broad SMARTS) is 1. The molecule has 0 bridgehead atoms. The number of fused-ring (bicyclic) bond motifs is 1. The van der Waals surface area contributed by atoms with Crippen LogP contribution < -0.4 is 4.90 Å². The molecule has 2 aromatic carbocycles. The SMILES string of the molecule is COCCC(C)(C(/C=C/C=C1/N(C(C)(C)CCO)c2ccc(S(=O)(=O)OC)cc2C1(C)CCCS(=O)(=O)OC)=N/CCCCCC(=O)O)c1cccc(S(=O)(=O)OC)c1. The zero-order chi connectivity index (χ0) is 44.3. The van der Waals surface area contributed by atoms with Crippen LogP contribution in [-0.4, -0.2) is 107 Å². The highest BCUT2D eigenvalue weighted by Gasteiger charge is 2.48. The van der Waals surface area contributed by atoms with Crippen LogP contribution in [0.1, 0.15) is 90.2 Å². The second kappa shape index (κ2) is 20.9. The number of hydrogen-bond acceptors (Lipinski definition) is 14. The molecule has 2 atom stereocenters. The summed E-state index contributed by atoms with van der Waals surface area (Å²) in [5.41, 5.74) is 0.579. The Morgan fingerprint density at radius 3 is 2.12 bits per heavy atom. The van der Waals surface area contributed by atoms with Crippen molar-refractivity contribution in [3.05, 3.63) is 77.5 Å². The lowest BCUT2D eigenvalue weighted by Gasteiger charge is -2.41. The Morgan fingerprint density at radius 2 is 1.53 bits per heavy atom. The number of nitrogens with zero attached hydrogens (tertiary/aromatic N) is 2. The molecule has 2 N–H and O–H groups in total. The summed E-state index contributed by atoms with van der Waals surface area (Å²) in [5.74, 6) is -1.16. The first-order valence-electron chi connectivity index (χ1n) is 19.3. The highest BCUT2D eigenvalue weighted by atomic mass is 32.2. The number of aliphatic hydroxyl groups is 1. The van der Waals surface area contributed by atoms with Crippen LogP contribution >= 0.6 is 0 Å². The van der Waals surface area contributed by atoms with E-state index in [1.165, 1.54) is 12.1 Å². The van der Waals surface area contributed by atoms with Gasteiger partial charge in [0, 0.05) is 66.8 Å². The van der Waals surface area contributed by atoms with Crippen LogP contribution in [-0.2, 0) is 63.3 Å². The number of ether oxygens (including phenoxy) is 1. The van der Waals surface area contributed by atoms with E-state index in [9.17, 15) is 35.2 Å². The van der Waals surface area contributed by atoms with Crippen LogP contribution in [0.15, 0.2) is 81.2 Å². The lowest BCUT2D eigenvalue weighted by Crippen LogP contribution is -2.45. The van der Waals surface area contributed by atoms with Crippen LogP contribution in [0, 0.1) is 0 Å². The second-order valence-electron chi connectivity index (χ2n) is 15.4. The number of carbonyl (C=O) groups is 1. The first-order valence-corrected chi connectivity index (χ1v) is 23.7. The van der Waals surface area contributed by atoms with Crippen molar-refractivity contribution in [3.63, 3.8) is 0 Å². The normalized spacial score (nSPS) is 18.4. The molecule has 0 fully saturated rings. The van der Waals surface area contributed by atoms with Crippen LogP contribution in [0.3, 0.4) is 0 Å². The molecule has 0 saturated heterocycles. The third kappa shape index (κ3) is 12.3. The number of aliphatic imine (C=N–C) groups is 1. The molecule has 0 amide bonds. The maximum atomic E-state index is 13.0. The fourth-order valence-corrected chi connectivity index (χ4v) is 9.45. The van der Waals surface area contributed by atoms with Crippen molar-refractivity contribution >= 4 is 47.7 Å². The Kier molecular flexibility index (Phi) is 17.6. The van der Waals surface area contributed by atoms with Gasteiger partial charge >= 0.3 is 5.97 Å². The Morgan fingerprint density at radius 1 is 0.864 bits per heavy atom. The molecular formula is C41H60N2O13S3. The summed E-state index contributed by atoms with van der Waals surface area (Å²) >= 11 is 0. The maximum absolute atomic E-state index is 13.0. The Balaban J connectivity index is 2.35. The van der Waals surface area contributed by atoms with Gasteiger partial charge in [-0.25, -0.2) is 0 Å². The van der Waals surface area contributed by atoms with Crippen molar-refractivity contribution in [1.29, 1.82) is 0 Å². The molecule has 2 unspecified atom stereocenters. The smallest absolute Gasteiger partial charge is 0.303 e. The van der Waals surface area contributed by atoms with Gasteiger partial charge < -0.3 is 19.8 Å². The van der Waals surface area contributed by atoms with Crippen molar-refractivity contribution < 1.29 is 57.5 Å². The summed E-state index contributed by atoms with van der Waals surface area (Å²) in [7, 11) is -7.16. The highest BCUT2D eigenvalue weighted by molar-refractivity contribution is 7.87. The predicted molar refractivity (Wildman–Crippen MR) is 226 cm³/mol. The first-order chi connectivity index (χ1) is 27.6. The molecular weight excluding hydrogens is 825 g/mol. The topological polar surface area (TPSA) is 212 Å². The third-order valence-electron chi connectivity index (χ3n) is 11.0. The fraction of sp³-hybridized carbons (Fsp3) is 0.561. The van der Waals surface area contributed by atoms with Crippen LogP contribution in [0.25, 0.3) is 0 Å². The average Bonchev–Trinajstić information content (AvgIpc) is 3.44. The monoisotopic (exact) mass is 884 g/mol. The van der Waals surface area contributed by atoms with Crippen LogP contribution in [0.2, 0.25) is 0 Å². The first kappa shape index (κ1) is 49.9. The highest BCUT2D eigenvalue weighted by Crippen LogP contribution is 2.54. The van der Waals surface area contributed by atoms with Crippen molar-refractivity contribution in [3.8, 4) is 0 Å². The van der Waals surface area contributed by atoms with Gasteiger partial charge in [0.2, 0.25) is 0 Å². The largest absolute Gasteiger partial charge is 0.481 e. The van der Waals surface area contributed by atoms with E-state index in [1.807, 2.05) is 56.9 Å². The lowest BCUT2D eigenvalue weighted by atomic mass is 9.75. The van der Waals surface area contributed by atoms with Gasteiger partial charge in [-0.2, -0.15) is 25.3 Å². The van der Waals surface area contributed by atoms with E-state index in [1.54, 1.807) is 31.4 Å². The summed E-state index contributed by atoms with van der Waals surface area (Å²) in [4.78, 5) is 18.1. The van der Waals surface area contributed by atoms with Gasteiger partial charge in [0.15, 0.2) is 0 Å². The summed E-state index contributed by atoms with van der Waals surface area (Å²) in [6.07, 6.45) is 8.39. The van der Waals surface area contributed by atoms with Gasteiger partial charge in [0.25, 0.3) is 30.4 Å². The molecule has 1 aliphatic heterocycles. The molecule has 0 radical (unpaired) electrons. The molecule has 0 saturated carbocycles. The van der Waals surface area contributed by atoms with E-state index in [-0.39, 0.29) is 48.0 Å². The Hall–Kier alpha value is -3.49. The maximum Gasteiger partial charge on any atom is 0.303 e. The zero-order valence-corrected chi connectivity index (χ0v) is 37.7. The molecule has 0 spiro atoms. The van der Waals surface area contributed by atoms with Gasteiger partial charge in [-0.15, -0.1) is 0 Å². The summed E-state index contributed by atoms with van der Waals surface area (Å²) < 4.78 is 96.4. The number of benzene rings is 2. The Labute approximate surface area is 350 Å². The molecule has 0 aliphatic carbocycles. The summed E-state index contributed by atoms with van der Waals surface area (Å²) in [5, 5.41) is 19.3. The van der Waals surface area contributed by atoms with Crippen molar-refractivity contribution in [2.75, 3.05) is 58.9 Å². The molecule has 1 aliphatic rings. The van der Waals surface area contributed by atoms with Crippen molar-refractivity contribution in [2.45, 2.75) is 105 Å². The summed E-state index contributed by atoms with van der Waals surface area (Å²) in [6, 6.07) is 11.1. The third-order valence-corrected chi connectivity index (χ3v) is 14.8. The molecule has 3 rings (SSSR count). The van der Waals surface area contributed by atoms with Crippen molar-refractivity contribution in [1.82, 2.24) is 0 Å². The van der Waals surface area contributed by atoms with E-state index in [0.29, 0.717) is 66.9 Å². The van der Waals surface area contributed by atoms with E-state index in [4.69, 9.17) is 27.4 Å². The van der Waals surface area contributed by atoms with E-state index in [2.05, 4.69) is 0 Å². The number of unbranched alkanes of at least 4 members (excludes halogenated alkanes) is 2. The van der Waals surface area contributed by atoms with Gasteiger partial charge in [0.1, 0.15) is 0 Å². The number of aliphatic carboxylic acids is 1. The summed E-state index contributed by atoms with van der Waals surface area (Å²) in [6.45, 7) is 8.23. The van der Waals surface area contributed by atoms with E-state index >= 15 is 0 Å². The fourth-order valence-electron chi connectivity index (χ4n) is 7.39. The van der Waals surface area contributed by atoms with Gasteiger partial charge in [-0.05, 0) is 120 Å². The van der Waals surface area contributed by atoms with Crippen molar-refractivity contribution in [2.24, 2.45) is 4.99 Å². The standard InChI is InChI=1S/C41H60N2O13S3/c1-39(2,23-26-44)43-35-21-20-33(59(51,52)56-8)30-34(35)41(4,22-14-28-57(47,48)54-6)37(43)18-13-17-36(42-25-11-9-10-19-38(45)46)40(3,24-27-53-5)31-15-12-16-32(29-31)58(49,50)55-7/h12-13,15-18,20-21,29-30,44H,9-11,14,19,22-28H2,1-8H3,(H,45,46)/b17-13+,37-18+,42-36+. The minimum Gasteiger partial charge on any atom is -0.481 e. The van der Waals surface area contributed by atoms with Crippen LogP contribution in [0.4, 0.5) is 5.69 Å². The number of aliphatic hydroxyl groups excluding tert-OH is 1. The molecule has 18 heteroatoms.